The summed E-state index contributed by atoms with van der Waals surface area (Å²) in [4.78, 5) is 17.4. The number of hydrogen-bond acceptors (Lipinski definition) is 5. The average molecular weight is 468 g/mol. The van der Waals surface area contributed by atoms with Crippen molar-refractivity contribution in [1.82, 2.24) is 10.3 Å². The molecule has 4 aromatic carbocycles. The van der Waals surface area contributed by atoms with E-state index in [1.807, 2.05) is 85.8 Å². The Kier molecular flexibility index (Phi) is 5.93. The fraction of sp³-hybridized carbons (Fsp3) is 0.0741. The summed E-state index contributed by atoms with van der Waals surface area (Å²) in [5.74, 6) is 1.05. The number of carbonyl (C=O) groups excluding carboxylic acids is 1. The lowest BCUT2D eigenvalue weighted by atomic mass is 10.0. The number of aromatic nitrogens is 1. The fourth-order valence-corrected chi connectivity index (χ4v) is 3.96. The molecule has 5 aromatic rings. The van der Waals surface area contributed by atoms with E-state index in [1.54, 1.807) is 6.07 Å². The van der Waals surface area contributed by atoms with E-state index in [-0.39, 0.29) is 11.0 Å². The summed E-state index contributed by atoms with van der Waals surface area (Å²) in [6.45, 7) is 2.56. The molecule has 0 saturated heterocycles. The molecule has 0 aliphatic carbocycles. The quantitative estimate of drug-likeness (QED) is 0.301. The fourth-order valence-electron chi connectivity index (χ4n) is 3.75. The molecule has 0 saturated carbocycles. The van der Waals surface area contributed by atoms with Crippen LogP contribution in [-0.4, -0.2) is 22.6 Å². The monoisotopic (exact) mass is 467 g/mol. The summed E-state index contributed by atoms with van der Waals surface area (Å²) < 4.78 is 11.4. The number of anilines is 1. The van der Waals surface area contributed by atoms with E-state index in [1.165, 1.54) is 0 Å². The van der Waals surface area contributed by atoms with Gasteiger partial charge in [-0.2, -0.15) is 0 Å². The van der Waals surface area contributed by atoms with Crippen LogP contribution in [0.1, 0.15) is 17.3 Å². The molecule has 0 aliphatic rings. The van der Waals surface area contributed by atoms with Crippen molar-refractivity contribution < 1.29 is 13.9 Å². The smallest absolute Gasteiger partial charge is 0.258 e. The third kappa shape index (κ3) is 4.46. The minimum absolute atomic E-state index is 0.201. The molecule has 168 valence electrons. The summed E-state index contributed by atoms with van der Waals surface area (Å²) in [6.07, 6.45) is 0. The Balaban J connectivity index is 1.30. The predicted molar refractivity (Wildman–Crippen MR) is 138 cm³/mol. The van der Waals surface area contributed by atoms with Crippen molar-refractivity contribution in [2.75, 3.05) is 11.9 Å². The van der Waals surface area contributed by atoms with Gasteiger partial charge in [0.15, 0.2) is 10.7 Å². The van der Waals surface area contributed by atoms with Gasteiger partial charge in [0.25, 0.3) is 5.91 Å². The average Bonchev–Trinajstić information content (AvgIpc) is 3.27. The van der Waals surface area contributed by atoms with Crippen molar-refractivity contribution >= 4 is 50.8 Å². The molecular weight excluding hydrogens is 446 g/mol. The minimum atomic E-state index is -0.269. The van der Waals surface area contributed by atoms with Crippen molar-refractivity contribution in [2.45, 2.75) is 6.92 Å². The standard InChI is InChI=1S/C27H21N3O3S/c1-2-32-20-13-10-18(11-14-20)26-29-23-16-19(12-15-24(23)33-26)28-27(34)30-25(31)22-9-5-7-17-6-3-4-8-21(17)22/h3-16H,2H2,1H3,(H2,28,30,31,34). The van der Waals surface area contributed by atoms with Crippen LogP contribution in [0.25, 0.3) is 33.3 Å². The van der Waals surface area contributed by atoms with E-state index in [9.17, 15) is 4.79 Å². The molecule has 34 heavy (non-hydrogen) atoms. The second kappa shape index (κ2) is 9.33. The lowest BCUT2D eigenvalue weighted by Crippen LogP contribution is -2.34. The number of oxazole rings is 1. The second-order valence-electron chi connectivity index (χ2n) is 7.59. The van der Waals surface area contributed by atoms with Crippen molar-refractivity contribution in [3.63, 3.8) is 0 Å². The Hall–Kier alpha value is -4.23. The van der Waals surface area contributed by atoms with Crippen molar-refractivity contribution in [2.24, 2.45) is 0 Å². The maximum absolute atomic E-state index is 12.8. The molecule has 0 bridgehead atoms. The van der Waals surface area contributed by atoms with Crippen LogP contribution in [0, 0.1) is 0 Å². The van der Waals surface area contributed by atoms with E-state index in [4.69, 9.17) is 21.4 Å². The Bertz CT molecular complexity index is 1500. The first kappa shape index (κ1) is 21.6. The first-order valence-corrected chi connectivity index (χ1v) is 11.3. The maximum atomic E-state index is 12.8. The number of thiocarbonyl (C=S) groups is 1. The molecule has 1 heterocycles. The van der Waals surface area contributed by atoms with Crippen LogP contribution < -0.4 is 15.4 Å². The highest BCUT2D eigenvalue weighted by molar-refractivity contribution is 7.80. The Labute approximate surface area is 201 Å². The van der Waals surface area contributed by atoms with E-state index in [0.717, 1.165) is 22.1 Å². The van der Waals surface area contributed by atoms with E-state index >= 15 is 0 Å². The number of fused-ring (bicyclic) bond motifs is 2. The van der Waals surface area contributed by atoms with Gasteiger partial charge in [-0.3, -0.25) is 10.1 Å². The van der Waals surface area contributed by atoms with Gasteiger partial charge in [0.2, 0.25) is 5.89 Å². The second-order valence-corrected chi connectivity index (χ2v) is 8.00. The third-order valence-electron chi connectivity index (χ3n) is 5.32. The first-order chi connectivity index (χ1) is 16.6. The van der Waals surface area contributed by atoms with E-state index < -0.39 is 0 Å². The largest absolute Gasteiger partial charge is 0.494 e. The summed E-state index contributed by atoms with van der Waals surface area (Å²) in [5, 5.41) is 7.88. The molecule has 5 rings (SSSR count). The Morgan fingerprint density at radius 3 is 2.62 bits per heavy atom. The number of hydrogen-bond donors (Lipinski definition) is 2. The number of benzene rings is 4. The van der Waals surface area contributed by atoms with Crippen molar-refractivity contribution in [3.8, 4) is 17.2 Å². The highest BCUT2D eigenvalue weighted by Crippen LogP contribution is 2.27. The molecule has 0 atom stereocenters. The minimum Gasteiger partial charge on any atom is -0.494 e. The topological polar surface area (TPSA) is 76.4 Å². The Morgan fingerprint density at radius 2 is 1.79 bits per heavy atom. The van der Waals surface area contributed by atoms with E-state index in [0.29, 0.717) is 34.8 Å². The molecule has 7 heteroatoms. The van der Waals surface area contributed by atoms with Crippen LogP contribution in [0.5, 0.6) is 5.75 Å². The third-order valence-corrected chi connectivity index (χ3v) is 5.52. The summed E-state index contributed by atoms with van der Waals surface area (Å²) in [5.41, 5.74) is 3.45. The van der Waals surface area contributed by atoms with Gasteiger partial charge in [-0.1, -0.05) is 36.4 Å². The van der Waals surface area contributed by atoms with Crippen LogP contribution in [-0.2, 0) is 0 Å². The highest BCUT2D eigenvalue weighted by atomic mass is 32.1. The number of amides is 1. The SMILES string of the molecule is CCOc1ccc(-c2nc3cc(NC(=S)NC(=O)c4cccc5ccccc45)ccc3o2)cc1. The molecule has 0 radical (unpaired) electrons. The van der Waals surface area contributed by atoms with Crippen LogP contribution in [0.15, 0.2) is 89.3 Å². The Morgan fingerprint density at radius 1 is 1.00 bits per heavy atom. The first-order valence-electron chi connectivity index (χ1n) is 10.8. The van der Waals surface area contributed by atoms with Gasteiger partial charge in [-0.25, -0.2) is 4.98 Å². The van der Waals surface area contributed by atoms with Gasteiger partial charge in [-0.05, 0) is 78.4 Å². The number of ether oxygens (including phenoxy) is 1. The molecule has 6 nitrogen and oxygen atoms in total. The highest BCUT2D eigenvalue weighted by Gasteiger charge is 2.13. The number of carbonyl (C=O) groups is 1. The van der Waals surface area contributed by atoms with Gasteiger partial charge in [0, 0.05) is 16.8 Å². The molecule has 1 amide bonds. The van der Waals surface area contributed by atoms with Crippen LogP contribution in [0.4, 0.5) is 5.69 Å². The lowest BCUT2D eigenvalue weighted by Gasteiger charge is -2.11. The zero-order chi connectivity index (χ0) is 23.5. The molecule has 0 aliphatic heterocycles. The molecular formula is C27H21N3O3S. The molecule has 0 spiro atoms. The predicted octanol–water partition coefficient (Wildman–Crippen LogP) is 6.17. The summed E-state index contributed by atoms with van der Waals surface area (Å²) in [6, 6.07) is 26.4. The zero-order valence-electron chi connectivity index (χ0n) is 18.4. The number of rotatable bonds is 5. The number of nitrogens with one attached hydrogen (secondary N) is 2. The molecule has 2 N–H and O–H groups in total. The summed E-state index contributed by atoms with van der Waals surface area (Å²) in [7, 11) is 0. The van der Waals surface area contributed by atoms with Gasteiger partial charge >= 0.3 is 0 Å². The maximum Gasteiger partial charge on any atom is 0.258 e. The van der Waals surface area contributed by atoms with Gasteiger partial charge in [-0.15, -0.1) is 0 Å². The molecule has 0 fully saturated rings. The van der Waals surface area contributed by atoms with Gasteiger partial charge in [0.05, 0.1) is 6.61 Å². The lowest BCUT2D eigenvalue weighted by molar-refractivity contribution is 0.0979. The van der Waals surface area contributed by atoms with Gasteiger partial charge < -0.3 is 14.5 Å². The molecule has 1 aromatic heterocycles. The number of nitrogens with zero attached hydrogens (tertiary/aromatic N) is 1. The normalized spacial score (nSPS) is 10.9. The van der Waals surface area contributed by atoms with E-state index in [2.05, 4.69) is 15.6 Å². The van der Waals surface area contributed by atoms with Gasteiger partial charge in [0.1, 0.15) is 11.3 Å². The molecule has 0 unspecified atom stereocenters. The summed E-state index contributed by atoms with van der Waals surface area (Å²) >= 11 is 5.37. The zero-order valence-corrected chi connectivity index (χ0v) is 19.2. The van der Waals surface area contributed by atoms with Crippen molar-refractivity contribution in [3.05, 3.63) is 90.5 Å². The van der Waals surface area contributed by atoms with Crippen LogP contribution >= 0.6 is 12.2 Å². The van der Waals surface area contributed by atoms with Crippen LogP contribution in [0.3, 0.4) is 0 Å². The van der Waals surface area contributed by atoms with Crippen LogP contribution in [0.2, 0.25) is 0 Å². The van der Waals surface area contributed by atoms with Crippen molar-refractivity contribution in [1.29, 1.82) is 0 Å².